The molecule has 0 atom stereocenters. The maximum atomic E-state index is 12.0. The van der Waals surface area contributed by atoms with Gasteiger partial charge in [-0.25, -0.2) is 0 Å². The molecule has 0 aromatic rings. The number of rotatable bonds is 4. The van der Waals surface area contributed by atoms with Gasteiger partial charge in [0.15, 0.2) is 5.78 Å². The number of hydrogen-bond donors (Lipinski definition) is 0. The molecule has 0 saturated carbocycles. The lowest BCUT2D eigenvalue weighted by molar-refractivity contribution is -0.111. The Morgan fingerprint density at radius 1 is 0.786 bits per heavy atom. The fourth-order valence-corrected chi connectivity index (χ4v) is 2.65. The van der Waals surface area contributed by atoms with E-state index in [0.717, 1.165) is 10.4 Å². The smallest absolute Gasteiger partial charge is 0.175 e. The largest absolute Gasteiger partial charge is 0.290 e. The van der Waals surface area contributed by atoms with Crippen molar-refractivity contribution in [2.75, 3.05) is 0 Å². The van der Waals surface area contributed by atoms with E-state index >= 15 is 0 Å². The standard InChI is InChI=1S/C11H22OSi2/c1-9(13(3,4)5)11(12)10(2)14(6,7)8/h1-2H2,3-8H3. The number of hydrogen-bond acceptors (Lipinski definition) is 1. The van der Waals surface area contributed by atoms with Crippen molar-refractivity contribution in [3.05, 3.63) is 23.6 Å². The molecule has 80 valence electrons. The first-order chi connectivity index (χ1) is 5.98. The summed E-state index contributed by atoms with van der Waals surface area (Å²) in [5.74, 6) is 0.128. The summed E-state index contributed by atoms with van der Waals surface area (Å²) in [4.78, 5) is 12.0. The Labute approximate surface area is 89.9 Å². The summed E-state index contributed by atoms with van der Waals surface area (Å²) in [6, 6.07) is 0. The molecule has 0 saturated heterocycles. The van der Waals surface area contributed by atoms with Crippen LogP contribution >= 0.6 is 0 Å². The molecule has 0 N–H and O–H groups in total. The van der Waals surface area contributed by atoms with E-state index in [1.54, 1.807) is 0 Å². The van der Waals surface area contributed by atoms with Gasteiger partial charge >= 0.3 is 0 Å². The van der Waals surface area contributed by atoms with E-state index in [9.17, 15) is 4.79 Å². The molecule has 0 unspecified atom stereocenters. The Hall–Kier alpha value is -0.416. The lowest BCUT2D eigenvalue weighted by Crippen LogP contribution is -2.36. The molecule has 0 amide bonds. The third kappa shape index (κ3) is 3.38. The van der Waals surface area contributed by atoms with Gasteiger partial charge in [-0.1, -0.05) is 52.4 Å². The SMILES string of the molecule is C=C(C(=O)C(=C)[Si](C)(C)C)[Si](C)(C)C. The van der Waals surface area contributed by atoms with Crippen LogP contribution in [-0.4, -0.2) is 21.9 Å². The van der Waals surface area contributed by atoms with Gasteiger partial charge in [0, 0.05) is 0 Å². The van der Waals surface area contributed by atoms with E-state index in [-0.39, 0.29) is 5.78 Å². The Balaban J connectivity index is 4.85. The number of allylic oxidation sites excluding steroid dienone is 2. The zero-order valence-corrected chi connectivity index (χ0v) is 12.3. The van der Waals surface area contributed by atoms with Gasteiger partial charge in [-0.05, 0) is 10.4 Å². The molecule has 14 heavy (non-hydrogen) atoms. The van der Waals surface area contributed by atoms with E-state index in [1.807, 2.05) is 0 Å². The van der Waals surface area contributed by atoms with Crippen molar-refractivity contribution in [2.24, 2.45) is 0 Å². The van der Waals surface area contributed by atoms with E-state index in [0.29, 0.717) is 0 Å². The van der Waals surface area contributed by atoms with Gasteiger partial charge in [-0.2, -0.15) is 0 Å². The third-order valence-corrected chi connectivity index (χ3v) is 6.43. The first-order valence-electron chi connectivity index (χ1n) is 4.91. The molecule has 3 heteroatoms. The van der Waals surface area contributed by atoms with Crippen molar-refractivity contribution in [3.8, 4) is 0 Å². The van der Waals surface area contributed by atoms with E-state index in [2.05, 4.69) is 52.4 Å². The molecule has 0 rings (SSSR count). The van der Waals surface area contributed by atoms with Gasteiger partial charge in [0.1, 0.15) is 0 Å². The van der Waals surface area contributed by atoms with Crippen LogP contribution in [0.2, 0.25) is 39.3 Å². The van der Waals surface area contributed by atoms with Crippen LogP contribution in [0.3, 0.4) is 0 Å². The van der Waals surface area contributed by atoms with Crippen LogP contribution in [0.4, 0.5) is 0 Å². The predicted octanol–water partition coefficient (Wildman–Crippen LogP) is 3.42. The van der Waals surface area contributed by atoms with Crippen LogP contribution in [-0.2, 0) is 4.79 Å². The van der Waals surface area contributed by atoms with Crippen LogP contribution in [0.5, 0.6) is 0 Å². The van der Waals surface area contributed by atoms with Crippen LogP contribution in [0.1, 0.15) is 0 Å². The Bertz CT molecular complexity index is 249. The highest BCUT2D eigenvalue weighted by Crippen LogP contribution is 2.21. The Morgan fingerprint density at radius 3 is 1.14 bits per heavy atom. The molecular weight excluding hydrogens is 204 g/mol. The zero-order chi connectivity index (χ0) is 11.7. The summed E-state index contributed by atoms with van der Waals surface area (Å²) >= 11 is 0. The summed E-state index contributed by atoms with van der Waals surface area (Å²) in [6.45, 7) is 20.7. The lowest BCUT2D eigenvalue weighted by atomic mass is 10.4. The van der Waals surface area contributed by atoms with E-state index < -0.39 is 16.1 Å². The van der Waals surface area contributed by atoms with Crippen molar-refractivity contribution in [2.45, 2.75) is 39.3 Å². The zero-order valence-electron chi connectivity index (χ0n) is 10.3. The maximum Gasteiger partial charge on any atom is 0.175 e. The third-order valence-electron chi connectivity index (χ3n) is 2.36. The minimum atomic E-state index is -1.55. The minimum absolute atomic E-state index is 0.128. The van der Waals surface area contributed by atoms with Crippen LogP contribution < -0.4 is 0 Å². The molecule has 0 radical (unpaired) electrons. The summed E-state index contributed by atoms with van der Waals surface area (Å²) in [6.07, 6.45) is 0. The second kappa shape index (κ2) is 3.99. The molecule has 0 bridgehead atoms. The number of carbonyl (C=O) groups excluding carboxylic acids is 1. The van der Waals surface area contributed by atoms with Gasteiger partial charge in [0.2, 0.25) is 0 Å². The molecule has 0 aromatic carbocycles. The predicted molar refractivity (Wildman–Crippen MR) is 70.0 cm³/mol. The summed E-state index contributed by atoms with van der Waals surface area (Å²) in [7, 11) is -3.10. The van der Waals surface area contributed by atoms with Crippen molar-refractivity contribution in [3.63, 3.8) is 0 Å². The molecular formula is C11H22OSi2. The first kappa shape index (κ1) is 13.6. The van der Waals surface area contributed by atoms with Crippen molar-refractivity contribution >= 4 is 21.9 Å². The molecule has 1 nitrogen and oxygen atoms in total. The van der Waals surface area contributed by atoms with Crippen LogP contribution in [0, 0.1) is 0 Å². The highest BCUT2D eigenvalue weighted by molar-refractivity contribution is 6.93. The average molecular weight is 226 g/mol. The van der Waals surface area contributed by atoms with Crippen molar-refractivity contribution in [1.82, 2.24) is 0 Å². The summed E-state index contributed by atoms with van der Waals surface area (Å²) < 4.78 is 0. The minimum Gasteiger partial charge on any atom is -0.290 e. The first-order valence-corrected chi connectivity index (χ1v) is 11.9. The fraction of sp³-hybridized carbons (Fsp3) is 0.545. The van der Waals surface area contributed by atoms with Gasteiger partial charge in [-0.15, -0.1) is 0 Å². The van der Waals surface area contributed by atoms with Crippen molar-refractivity contribution in [1.29, 1.82) is 0 Å². The molecule has 0 aliphatic heterocycles. The van der Waals surface area contributed by atoms with E-state index in [1.165, 1.54) is 0 Å². The molecule has 0 fully saturated rings. The van der Waals surface area contributed by atoms with Crippen LogP contribution in [0.25, 0.3) is 0 Å². The number of ketones is 1. The molecule has 0 heterocycles. The second-order valence-electron chi connectivity index (χ2n) is 5.79. The van der Waals surface area contributed by atoms with Gasteiger partial charge in [0.25, 0.3) is 0 Å². The second-order valence-corrected chi connectivity index (χ2v) is 16.0. The van der Waals surface area contributed by atoms with Crippen LogP contribution in [0.15, 0.2) is 23.6 Å². The molecule has 0 spiro atoms. The highest BCUT2D eigenvalue weighted by atomic mass is 28.3. The summed E-state index contributed by atoms with van der Waals surface area (Å²) in [5, 5.41) is 1.62. The van der Waals surface area contributed by atoms with Gasteiger partial charge in [-0.3, -0.25) is 4.79 Å². The highest BCUT2D eigenvalue weighted by Gasteiger charge is 2.30. The molecule has 0 aliphatic carbocycles. The average Bonchev–Trinajstić information content (AvgIpc) is 1.97. The molecule has 0 aliphatic rings. The topological polar surface area (TPSA) is 17.1 Å². The molecule has 0 aromatic heterocycles. The fourth-order valence-electron chi connectivity index (χ4n) is 0.863. The maximum absolute atomic E-state index is 12.0. The van der Waals surface area contributed by atoms with Crippen molar-refractivity contribution < 1.29 is 4.79 Å². The number of Topliss-reactive ketones (excluding diaryl/α,β-unsaturated/α-hetero) is 1. The Kier molecular flexibility index (Phi) is 3.87. The summed E-state index contributed by atoms with van der Waals surface area (Å²) in [5.41, 5.74) is 0. The normalized spacial score (nSPS) is 12.4. The van der Waals surface area contributed by atoms with Gasteiger partial charge in [0.05, 0.1) is 16.1 Å². The number of carbonyl (C=O) groups is 1. The quantitative estimate of drug-likeness (QED) is 0.530. The Morgan fingerprint density at radius 2 is 1.00 bits per heavy atom. The van der Waals surface area contributed by atoms with E-state index in [4.69, 9.17) is 0 Å². The monoisotopic (exact) mass is 226 g/mol. The lowest BCUT2D eigenvalue weighted by Gasteiger charge is -2.24. The van der Waals surface area contributed by atoms with Gasteiger partial charge < -0.3 is 0 Å².